The number of benzene rings is 1. The van der Waals surface area contributed by atoms with Crippen molar-refractivity contribution in [2.24, 2.45) is 5.10 Å². The van der Waals surface area contributed by atoms with Gasteiger partial charge in [0.05, 0.1) is 12.1 Å². The fourth-order valence-corrected chi connectivity index (χ4v) is 1.81. The Labute approximate surface area is 112 Å². The number of carbonyl (C=O) groups excluding carboxylic acids is 2. The first kappa shape index (κ1) is 13.3. The van der Waals surface area contributed by atoms with E-state index in [0.29, 0.717) is 12.2 Å². The summed E-state index contributed by atoms with van der Waals surface area (Å²) in [7, 11) is 0. The van der Waals surface area contributed by atoms with E-state index in [1.54, 1.807) is 12.1 Å². The SMILES string of the molecule is CCCCNC(=O)C1=NN(c2ccccc2)C(=O)C1. The first-order chi connectivity index (χ1) is 9.22. The van der Waals surface area contributed by atoms with E-state index in [2.05, 4.69) is 17.3 Å². The van der Waals surface area contributed by atoms with E-state index in [1.165, 1.54) is 5.01 Å². The van der Waals surface area contributed by atoms with E-state index in [0.717, 1.165) is 12.8 Å². The number of carbonyl (C=O) groups is 2. The Morgan fingerprint density at radius 1 is 1.37 bits per heavy atom. The fraction of sp³-hybridized carbons (Fsp3) is 0.357. The molecule has 1 aliphatic heterocycles. The quantitative estimate of drug-likeness (QED) is 0.818. The van der Waals surface area contributed by atoms with Crippen molar-refractivity contribution in [1.82, 2.24) is 5.32 Å². The van der Waals surface area contributed by atoms with Gasteiger partial charge in [-0.05, 0) is 18.6 Å². The number of hydrogen-bond acceptors (Lipinski definition) is 3. The third-order valence-electron chi connectivity index (χ3n) is 2.85. The maximum absolute atomic E-state index is 11.9. The van der Waals surface area contributed by atoms with E-state index in [-0.39, 0.29) is 23.9 Å². The molecule has 2 rings (SSSR count). The molecule has 0 fully saturated rings. The van der Waals surface area contributed by atoms with Crippen LogP contribution in [-0.4, -0.2) is 24.1 Å². The molecule has 1 N–H and O–H groups in total. The summed E-state index contributed by atoms with van der Waals surface area (Å²) in [5.74, 6) is -0.424. The van der Waals surface area contributed by atoms with Crippen molar-refractivity contribution in [3.8, 4) is 0 Å². The molecular weight excluding hydrogens is 242 g/mol. The molecule has 0 bridgehead atoms. The average Bonchev–Trinajstić information content (AvgIpc) is 2.82. The third kappa shape index (κ3) is 3.19. The number of nitrogens with one attached hydrogen (secondary N) is 1. The number of hydrazone groups is 1. The molecule has 19 heavy (non-hydrogen) atoms. The standard InChI is InChI=1S/C14H17N3O2/c1-2-3-9-15-14(19)12-10-13(18)17(16-12)11-7-5-4-6-8-11/h4-8H,2-3,9-10H2,1H3,(H,15,19). The van der Waals surface area contributed by atoms with Crippen LogP contribution in [0.5, 0.6) is 0 Å². The average molecular weight is 259 g/mol. The van der Waals surface area contributed by atoms with Gasteiger partial charge in [-0.3, -0.25) is 9.59 Å². The van der Waals surface area contributed by atoms with Crippen LogP contribution in [0.1, 0.15) is 26.2 Å². The number of nitrogens with zero attached hydrogens (tertiary/aromatic N) is 2. The normalized spacial score (nSPS) is 14.5. The second-order valence-corrected chi connectivity index (χ2v) is 4.37. The summed E-state index contributed by atoms with van der Waals surface area (Å²) in [4.78, 5) is 23.7. The predicted molar refractivity (Wildman–Crippen MR) is 73.9 cm³/mol. The van der Waals surface area contributed by atoms with Crippen LogP contribution >= 0.6 is 0 Å². The monoisotopic (exact) mass is 259 g/mol. The fourth-order valence-electron chi connectivity index (χ4n) is 1.81. The number of amides is 2. The van der Waals surface area contributed by atoms with Crippen molar-refractivity contribution in [2.75, 3.05) is 11.6 Å². The molecule has 0 spiro atoms. The summed E-state index contributed by atoms with van der Waals surface area (Å²) in [6.07, 6.45) is 2.00. The number of unbranched alkanes of at least 4 members (excludes halogenated alkanes) is 1. The number of hydrogen-bond donors (Lipinski definition) is 1. The van der Waals surface area contributed by atoms with Gasteiger partial charge in [-0.25, -0.2) is 0 Å². The highest BCUT2D eigenvalue weighted by Gasteiger charge is 2.28. The molecular formula is C14H17N3O2. The van der Waals surface area contributed by atoms with Crippen LogP contribution in [0.25, 0.3) is 0 Å². The first-order valence-electron chi connectivity index (χ1n) is 6.46. The molecule has 1 aromatic carbocycles. The lowest BCUT2D eigenvalue weighted by molar-refractivity contribution is -0.118. The summed E-state index contributed by atoms with van der Waals surface area (Å²) < 4.78 is 0. The van der Waals surface area contributed by atoms with Crippen molar-refractivity contribution >= 4 is 23.2 Å². The van der Waals surface area contributed by atoms with Gasteiger partial charge in [0.15, 0.2) is 0 Å². The smallest absolute Gasteiger partial charge is 0.268 e. The Bertz CT molecular complexity index is 497. The Kier molecular flexibility index (Phi) is 4.28. The van der Waals surface area contributed by atoms with Crippen molar-refractivity contribution < 1.29 is 9.59 Å². The van der Waals surface area contributed by atoms with Crippen LogP contribution in [0.15, 0.2) is 35.4 Å². The van der Waals surface area contributed by atoms with Crippen LogP contribution in [-0.2, 0) is 9.59 Å². The van der Waals surface area contributed by atoms with Crippen molar-refractivity contribution in [2.45, 2.75) is 26.2 Å². The summed E-state index contributed by atoms with van der Waals surface area (Å²) in [6.45, 7) is 2.67. The van der Waals surface area contributed by atoms with Gasteiger partial charge in [0.25, 0.3) is 11.8 Å². The summed E-state index contributed by atoms with van der Waals surface area (Å²) in [5, 5.41) is 8.16. The van der Waals surface area contributed by atoms with Gasteiger partial charge in [-0.15, -0.1) is 0 Å². The Balaban J connectivity index is 2.04. The van der Waals surface area contributed by atoms with Gasteiger partial charge in [0.2, 0.25) is 0 Å². The molecule has 1 heterocycles. The summed E-state index contributed by atoms with van der Waals surface area (Å²) in [5.41, 5.74) is 0.966. The van der Waals surface area contributed by atoms with Gasteiger partial charge < -0.3 is 5.32 Å². The van der Waals surface area contributed by atoms with E-state index >= 15 is 0 Å². The van der Waals surface area contributed by atoms with Crippen LogP contribution < -0.4 is 10.3 Å². The topological polar surface area (TPSA) is 61.8 Å². The molecule has 5 heteroatoms. The molecule has 0 saturated heterocycles. The van der Waals surface area contributed by atoms with E-state index < -0.39 is 0 Å². The number of rotatable bonds is 5. The molecule has 1 aromatic rings. The molecule has 0 atom stereocenters. The molecule has 2 amide bonds. The van der Waals surface area contributed by atoms with Crippen molar-refractivity contribution in [1.29, 1.82) is 0 Å². The predicted octanol–water partition coefficient (Wildman–Crippen LogP) is 1.70. The van der Waals surface area contributed by atoms with E-state index in [1.807, 2.05) is 18.2 Å². The van der Waals surface area contributed by atoms with E-state index in [4.69, 9.17) is 0 Å². The zero-order valence-corrected chi connectivity index (χ0v) is 10.9. The zero-order chi connectivity index (χ0) is 13.7. The maximum Gasteiger partial charge on any atom is 0.268 e. The second-order valence-electron chi connectivity index (χ2n) is 4.37. The third-order valence-corrected chi connectivity index (χ3v) is 2.85. The van der Waals surface area contributed by atoms with Crippen LogP contribution in [0.2, 0.25) is 0 Å². The maximum atomic E-state index is 11.9. The molecule has 0 radical (unpaired) electrons. The van der Waals surface area contributed by atoms with Crippen LogP contribution in [0, 0.1) is 0 Å². The summed E-state index contributed by atoms with van der Waals surface area (Å²) >= 11 is 0. The highest BCUT2D eigenvalue weighted by molar-refractivity contribution is 6.44. The van der Waals surface area contributed by atoms with E-state index in [9.17, 15) is 9.59 Å². The Hall–Kier alpha value is -2.17. The molecule has 0 aromatic heterocycles. The molecule has 100 valence electrons. The molecule has 0 aliphatic carbocycles. The zero-order valence-electron chi connectivity index (χ0n) is 10.9. The van der Waals surface area contributed by atoms with Gasteiger partial charge in [-0.1, -0.05) is 31.5 Å². The van der Waals surface area contributed by atoms with Crippen molar-refractivity contribution in [3.05, 3.63) is 30.3 Å². The van der Waals surface area contributed by atoms with Gasteiger partial charge in [0, 0.05) is 6.54 Å². The van der Waals surface area contributed by atoms with Gasteiger partial charge >= 0.3 is 0 Å². The summed E-state index contributed by atoms with van der Waals surface area (Å²) in [6, 6.07) is 9.11. The lowest BCUT2D eigenvalue weighted by Gasteiger charge is -2.10. The highest BCUT2D eigenvalue weighted by Crippen LogP contribution is 2.19. The second kappa shape index (κ2) is 6.13. The molecule has 1 aliphatic rings. The molecule has 0 unspecified atom stereocenters. The Morgan fingerprint density at radius 2 is 2.11 bits per heavy atom. The number of anilines is 1. The van der Waals surface area contributed by atoms with Crippen LogP contribution in [0.3, 0.4) is 0 Å². The molecule has 5 nitrogen and oxygen atoms in total. The molecule has 0 saturated carbocycles. The largest absolute Gasteiger partial charge is 0.351 e. The van der Waals surface area contributed by atoms with Crippen molar-refractivity contribution in [3.63, 3.8) is 0 Å². The minimum atomic E-state index is -0.250. The van der Waals surface area contributed by atoms with Crippen LogP contribution in [0.4, 0.5) is 5.69 Å². The minimum absolute atomic E-state index is 0.0624. The Morgan fingerprint density at radius 3 is 2.79 bits per heavy atom. The number of para-hydroxylation sites is 1. The van der Waals surface area contributed by atoms with Gasteiger partial charge in [0.1, 0.15) is 5.71 Å². The minimum Gasteiger partial charge on any atom is -0.351 e. The highest BCUT2D eigenvalue weighted by atomic mass is 16.2. The lowest BCUT2D eigenvalue weighted by atomic mass is 10.2. The van der Waals surface area contributed by atoms with Gasteiger partial charge in [-0.2, -0.15) is 10.1 Å². The first-order valence-corrected chi connectivity index (χ1v) is 6.46. The lowest BCUT2D eigenvalue weighted by Crippen LogP contribution is -2.31.